The summed E-state index contributed by atoms with van der Waals surface area (Å²) in [6.07, 6.45) is 6.00. The Morgan fingerprint density at radius 3 is 2.36 bits per heavy atom. The van der Waals surface area contributed by atoms with Crippen molar-refractivity contribution in [3.63, 3.8) is 0 Å². The highest BCUT2D eigenvalue weighted by Crippen LogP contribution is 2.41. The highest BCUT2D eigenvalue weighted by atomic mass is 32.2. The fourth-order valence-corrected chi connectivity index (χ4v) is 3.31. The van der Waals surface area contributed by atoms with Gasteiger partial charge < -0.3 is 4.74 Å². The van der Waals surface area contributed by atoms with E-state index in [2.05, 4.69) is 9.97 Å². The van der Waals surface area contributed by atoms with Crippen LogP contribution in [0.3, 0.4) is 0 Å². The highest BCUT2D eigenvalue weighted by Gasteiger charge is 2.47. The molecular formula is C16H13F3N2O3S. The highest BCUT2D eigenvalue weighted by molar-refractivity contribution is 7.92. The fraction of sp³-hybridized carbons (Fsp3) is 0.250. The van der Waals surface area contributed by atoms with Gasteiger partial charge in [-0.1, -0.05) is 0 Å². The van der Waals surface area contributed by atoms with Crippen LogP contribution in [0, 0.1) is 0 Å². The van der Waals surface area contributed by atoms with Crippen molar-refractivity contribution in [1.29, 1.82) is 0 Å². The van der Waals surface area contributed by atoms with E-state index in [1.165, 1.54) is 24.8 Å². The van der Waals surface area contributed by atoms with E-state index in [9.17, 15) is 21.6 Å². The molecule has 1 aromatic carbocycles. The molecule has 3 rings (SSSR count). The number of aromatic nitrogens is 2. The molecule has 1 aromatic heterocycles. The van der Waals surface area contributed by atoms with E-state index < -0.39 is 25.8 Å². The Morgan fingerprint density at radius 2 is 1.76 bits per heavy atom. The summed E-state index contributed by atoms with van der Waals surface area (Å²) >= 11 is 0. The van der Waals surface area contributed by atoms with Gasteiger partial charge in [0.2, 0.25) is 0 Å². The summed E-state index contributed by atoms with van der Waals surface area (Å²) in [5, 5.41) is 0. The van der Waals surface area contributed by atoms with Crippen LogP contribution in [0.1, 0.15) is 25.0 Å². The second kappa shape index (κ2) is 5.55. The summed E-state index contributed by atoms with van der Waals surface area (Å²) in [4.78, 5) is 6.96. The van der Waals surface area contributed by atoms with Gasteiger partial charge in [-0.3, -0.25) is 0 Å². The average Bonchev–Trinajstić information content (AvgIpc) is 2.52. The number of fused-ring (bicyclic) bond motifs is 1. The lowest BCUT2D eigenvalue weighted by atomic mass is 9.91. The van der Waals surface area contributed by atoms with Crippen LogP contribution in [0.2, 0.25) is 0 Å². The normalized spacial score (nSPS) is 16.6. The third-order valence-electron chi connectivity index (χ3n) is 3.59. The molecule has 0 spiro atoms. The molecule has 9 heteroatoms. The van der Waals surface area contributed by atoms with Crippen LogP contribution in [0.25, 0.3) is 5.57 Å². The third kappa shape index (κ3) is 3.11. The van der Waals surface area contributed by atoms with Crippen LogP contribution in [-0.4, -0.2) is 29.5 Å². The quantitative estimate of drug-likeness (QED) is 0.811. The molecule has 1 aliphatic heterocycles. The van der Waals surface area contributed by atoms with Crippen molar-refractivity contribution in [2.45, 2.75) is 29.9 Å². The number of sulfone groups is 1. The summed E-state index contributed by atoms with van der Waals surface area (Å²) in [5.74, 6) is 0.285. The van der Waals surface area contributed by atoms with E-state index >= 15 is 0 Å². The Balaban J connectivity index is 2.22. The average molecular weight is 370 g/mol. The molecular weight excluding hydrogens is 357 g/mol. The number of nitrogens with zero attached hydrogens (tertiary/aromatic N) is 2. The molecule has 0 radical (unpaired) electrons. The third-order valence-corrected chi connectivity index (χ3v) is 5.08. The van der Waals surface area contributed by atoms with E-state index in [1.54, 1.807) is 19.9 Å². The number of rotatable bonds is 2. The first-order valence-electron chi connectivity index (χ1n) is 7.14. The summed E-state index contributed by atoms with van der Waals surface area (Å²) < 4.78 is 67.7. The van der Waals surface area contributed by atoms with Crippen LogP contribution in [0.5, 0.6) is 5.75 Å². The van der Waals surface area contributed by atoms with Crippen molar-refractivity contribution in [2.75, 3.05) is 0 Å². The zero-order chi connectivity index (χ0) is 18.5. The maximum absolute atomic E-state index is 12.8. The predicted molar refractivity (Wildman–Crippen MR) is 83.5 cm³/mol. The molecule has 1 aliphatic rings. The molecule has 5 nitrogen and oxygen atoms in total. The van der Waals surface area contributed by atoms with Gasteiger partial charge in [0.25, 0.3) is 9.84 Å². The minimum absolute atomic E-state index is 0.236. The van der Waals surface area contributed by atoms with Crippen LogP contribution in [0.15, 0.2) is 47.9 Å². The van der Waals surface area contributed by atoms with E-state index in [0.717, 1.165) is 12.1 Å². The Labute approximate surface area is 142 Å². The minimum atomic E-state index is -5.46. The van der Waals surface area contributed by atoms with Crippen LogP contribution in [-0.2, 0) is 9.84 Å². The predicted octanol–water partition coefficient (Wildman–Crippen LogP) is 3.37. The summed E-state index contributed by atoms with van der Waals surface area (Å²) in [7, 11) is -5.46. The molecule has 132 valence electrons. The maximum atomic E-state index is 12.8. The maximum Gasteiger partial charge on any atom is 0.501 e. The van der Waals surface area contributed by atoms with Crippen molar-refractivity contribution in [3.8, 4) is 5.75 Å². The summed E-state index contributed by atoms with van der Waals surface area (Å²) in [5.41, 5.74) is -4.83. The van der Waals surface area contributed by atoms with Crippen LogP contribution < -0.4 is 4.74 Å². The molecule has 2 aromatic rings. The zero-order valence-corrected chi connectivity index (χ0v) is 14.0. The smallest absolute Gasteiger partial charge is 0.483 e. The van der Waals surface area contributed by atoms with Crippen molar-refractivity contribution in [2.24, 2.45) is 0 Å². The Hall–Kier alpha value is -2.42. The van der Waals surface area contributed by atoms with Gasteiger partial charge in [0.05, 0.1) is 4.90 Å². The second-order valence-corrected chi connectivity index (χ2v) is 7.94. The lowest BCUT2D eigenvalue weighted by Gasteiger charge is -2.31. The molecule has 2 heterocycles. The van der Waals surface area contributed by atoms with Crippen LogP contribution in [0.4, 0.5) is 13.2 Å². The molecule has 0 unspecified atom stereocenters. The molecule has 0 bridgehead atoms. The molecule has 0 N–H and O–H groups in total. The number of hydrogen-bond acceptors (Lipinski definition) is 5. The van der Waals surface area contributed by atoms with Gasteiger partial charge >= 0.3 is 5.51 Å². The van der Waals surface area contributed by atoms with Gasteiger partial charge in [0.1, 0.15) is 17.7 Å². The first-order chi connectivity index (χ1) is 11.5. The number of halogens is 3. The monoisotopic (exact) mass is 370 g/mol. The van der Waals surface area contributed by atoms with Crippen molar-refractivity contribution >= 4 is 15.4 Å². The van der Waals surface area contributed by atoms with Crippen molar-refractivity contribution in [3.05, 3.63) is 54.1 Å². The zero-order valence-electron chi connectivity index (χ0n) is 13.2. The van der Waals surface area contributed by atoms with Gasteiger partial charge in [-0.05, 0) is 43.7 Å². The topological polar surface area (TPSA) is 69.2 Å². The lowest BCUT2D eigenvalue weighted by Crippen LogP contribution is -2.29. The van der Waals surface area contributed by atoms with E-state index in [-0.39, 0.29) is 11.3 Å². The van der Waals surface area contributed by atoms with Crippen LogP contribution >= 0.6 is 0 Å². The Bertz CT molecular complexity index is 952. The van der Waals surface area contributed by atoms with Crippen molar-refractivity contribution < 1.29 is 26.3 Å². The van der Waals surface area contributed by atoms with Gasteiger partial charge in [0.15, 0.2) is 0 Å². The molecule has 0 atom stereocenters. The molecule has 0 fully saturated rings. The minimum Gasteiger partial charge on any atom is -0.483 e. The first kappa shape index (κ1) is 17.4. The molecule has 0 saturated heterocycles. The first-order valence-corrected chi connectivity index (χ1v) is 8.63. The second-order valence-electron chi connectivity index (χ2n) is 6.00. The van der Waals surface area contributed by atoms with E-state index in [4.69, 9.17) is 4.74 Å². The number of alkyl halides is 3. The lowest BCUT2D eigenvalue weighted by molar-refractivity contribution is -0.0436. The Morgan fingerprint density at radius 1 is 1.12 bits per heavy atom. The fourth-order valence-electron chi connectivity index (χ4n) is 2.52. The molecule has 0 amide bonds. The van der Waals surface area contributed by atoms with Gasteiger partial charge in [-0.25, -0.2) is 18.4 Å². The van der Waals surface area contributed by atoms with E-state index in [0.29, 0.717) is 11.1 Å². The number of benzene rings is 1. The summed E-state index contributed by atoms with van der Waals surface area (Å²) in [6, 6.07) is 3.08. The van der Waals surface area contributed by atoms with Gasteiger partial charge in [0, 0.05) is 23.5 Å². The number of hydrogen-bond donors (Lipinski definition) is 0. The molecule has 0 saturated carbocycles. The molecule has 25 heavy (non-hydrogen) atoms. The Kier molecular flexibility index (Phi) is 3.86. The standard InChI is InChI=1S/C16H13F3N2O3S/c1-15(2)6-13(10-7-20-9-21-8-10)12-5-11(3-4-14(12)24-15)25(22,23)16(17,18)19/h3-9H,1-2H3. The molecule has 0 aliphatic carbocycles. The van der Waals surface area contributed by atoms with Crippen molar-refractivity contribution in [1.82, 2.24) is 9.97 Å². The summed E-state index contributed by atoms with van der Waals surface area (Å²) in [6.45, 7) is 3.56. The SMILES string of the molecule is CC1(C)C=C(c2cncnc2)c2cc(S(=O)(=O)C(F)(F)F)ccc2O1. The van der Waals surface area contributed by atoms with Gasteiger partial charge in [-0.2, -0.15) is 13.2 Å². The van der Waals surface area contributed by atoms with E-state index in [1.807, 2.05) is 0 Å². The van der Waals surface area contributed by atoms with Gasteiger partial charge in [-0.15, -0.1) is 0 Å². The number of ether oxygens (including phenoxy) is 1. The largest absolute Gasteiger partial charge is 0.501 e.